The van der Waals surface area contributed by atoms with Gasteiger partial charge in [0.2, 0.25) is 0 Å². The van der Waals surface area contributed by atoms with Crippen LogP contribution in [0.4, 0.5) is 0 Å². The van der Waals surface area contributed by atoms with E-state index in [1.165, 1.54) is 12.8 Å². The minimum absolute atomic E-state index is 0.824. The Morgan fingerprint density at radius 3 is 1.25 bits per heavy atom. The molecule has 0 atom stereocenters. The van der Waals surface area contributed by atoms with Gasteiger partial charge in [0.15, 0.2) is 0 Å². The molecule has 0 aliphatic heterocycles. The first-order valence-electron chi connectivity index (χ1n) is 3.32. The van der Waals surface area contributed by atoms with E-state index in [1.54, 1.807) is 0 Å². The molecule has 0 nitrogen and oxygen atoms in total. The van der Waals surface area contributed by atoms with Crippen LogP contribution in [0.1, 0.15) is 25.7 Å². The molecule has 0 amide bonds. The van der Waals surface area contributed by atoms with Gasteiger partial charge in [-0.1, -0.05) is 38.3 Å². The Kier molecular flexibility index (Phi) is 7.25. The molecule has 0 saturated carbocycles. The van der Waals surface area contributed by atoms with E-state index >= 15 is 0 Å². The van der Waals surface area contributed by atoms with Crippen molar-refractivity contribution in [3.8, 4) is 0 Å². The van der Waals surface area contributed by atoms with Crippen LogP contribution in [-0.4, -0.2) is 15.7 Å². The molecule has 0 spiro atoms. The van der Waals surface area contributed by atoms with E-state index in [2.05, 4.69) is 0 Å². The molecule has 0 N–H and O–H groups in total. The average molecular weight is 106 g/mol. The van der Waals surface area contributed by atoms with Crippen molar-refractivity contribution in [3.63, 3.8) is 0 Å². The van der Waals surface area contributed by atoms with Crippen molar-refractivity contribution < 1.29 is 0 Å². The largest absolute Gasteiger partial charge is 0.0887 e. The SMILES string of the molecule is [B]CCCCCC[B]. The molecule has 0 aromatic rings. The minimum atomic E-state index is 0.824. The summed E-state index contributed by atoms with van der Waals surface area (Å²) >= 11 is 0. The van der Waals surface area contributed by atoms with E-state index in [-0.39, 0.29) is 0 Å². The highest BCUT2D eigenvalue weighted by atomic mass is 13.9. The highest BCUT2D eigenvalue weighted by molar-refractivity contribution is 6.08. The summed E-state index contributed by atoms with van der Waals surface area (Å²) in [5, 5.41) is 0. The first kappa shape index (κ1) is 8.13. The van der Waals surface area contributed by atoms with Gasteiger partial charge in [-0.05, 0) is 0 Å². The summed E-state index contributed by atoms with van der Waals surface area (Å²) in [6.07, 6.45) is 6.44. The van der Waals surface area contributed by atoms with Crippen LogP contribution in [-0.2, 0) is 0 Å². The standard InChI is InChI=1S/C6H12B2/c7-5-3-1-2-4-6-8/h1-6H2. The minimum Gasteiger partial charge on any atom is -0.0887 e. The van der Waals surface area contributed by atoms with E-state index in [4.69, 9.17) is 15.7 Å². The lowest BCUT2D eigenvalue weighted by Gasteiger charge is -1.94. The van der Waals surface area contributed by atoms with Gasteiger partial charge in [0, 0.05) is 0 Å². The van der Waals surface area contributed by atoms with Crippen molar-refractivity contribution in [1.29, 1.82) is 0 Å². The zero-order valence-electron chi connectivity index (χ0n) is 5.40. The van der Waals surface area contributed by atoms with E-state index in [0.29, 0.717) is 0 Å². The molecule has 42 valence electrons. The Morgan fingerprint density at radius 2 is 1.00 bits per heavy atom. The molecular formula is C6H12B2. The fourth-order valence-corrected chi connectivity index (χ4v) is 0.642. The van der Waals surface area contributed by atoms with E-state index in [0.717, 1.165) is 25.5 Å². The molecule has 0 aromatic carbocycles. The molecule has 8 heavy (non-hydrogen) atoms. The second-order valence-electron chi connectivity index (χ2n) is 1.99. The van der Waals surface area contributed by atoms with E-state index < -0.39 is 0 Å². The normalized spacial score (nSPS) is 9.50. The fourth-order valence-electron chi connectivity index (χ4n) is 0.642. The summed E-state index contributed by atoms with van der Waals surface area (Å²) in [5.74, 6) is 0. The Labute approximate surface area is 54.9 Å². The molecule has 0 aliphatic rings. The van der Waals surface area contributed by atoms with Crippen molar-refractivity contribution in [2.75, 3.05) is 0 Å². The third-order valence-corrected chi connectivity index (χ3v) is 1.16. The molecular weight excluding hydrogens is 93.7 g/mol. The zero-order chi connectivity index (χ0) is 6.24. The second-order valence-corrected chi connectivity index (χ2v) is 1.99. The first-order valence-corrected chi connectivity index (χ1v) is 3.32. The van der Waals surface area contributed by atoms with Gasteiger partial charge in [0.25, 0.3) is 0 Å². The lowest BCUT2D eigenvalue weighted by atomic mass is 9.95. The molecule has 0 bridgehead atoms. The third kappa shape index (κ3) is 6.13. The van der Waals surface area contributed by atoms with Gasteiger partial charge in [-0.2, -0.15) is 0 Å². The second kappa shape index (κ2) is 7.13. The molecule has 0 fully saturated rings. The van der Waals surface area contributed by atoms with E-state index in [1.807, 2.05) is 0 Å². The summed E-state index contributed by atoms with van der Waals surface area (Å²) in [7, 11) is 10.6. The fraction of sp³-hybridized carbons (Fsp3) is 1.00. The predicted octanol–water partition coefficient (Wildman–Crippen LogP) is 1.72. The van der Waals surface area contributed by atoms with Crippen LogP contribution in [0.3, 0.4) is 0 Å². The van der Waals surface area contributed by atoms with Crippen LogP contribution in [0.15, 0.2) is 0 Å². The van der Waals surface area contributed by atoms with Crippen LogP contribution in [0.5, 0.6) is 0 Å². The number of unbranched alkanes of at least 4 members (excludes halogenated alkanes) is 3. The average Bonchev–Trinajstić information content (AvgIpc) is 1.81. The molecule has 0 heterocycles. The van der Waals surface area contributed by atoms with Gasteiger partial charge in [0.1, 0.15) is 0 Å². The van der Waals surface area contributed by atoms with Crippen LogP contribution >= 0.6 is 0 Å². The summed E-state index contributed by atoms with van der Waals surface area (Å²) in [6, 6.07) is 0. The van der Waals surface area contributed by atoms with Gasteiger partial charge >= 0.3 is 0 Å². The first-order chi connectivity index (χ1) is 3.91. The van der Waals surface area contributed by atoms with Crippen LogP contribution in [0, 0.1) is 0 Å². The molecule has 0 aliphatic carbocycles. The Hall–Kier alpha value is 0.130. The van der Waals surface area contributed by atoms with Gasteiger partial charge in [-0.25, -0.2) is 0 Å². The van der Waals surface area contributed by atoms with Crippen molar-refractivity contribution in [2.24, 2.45) is 0 Å². The van der Waals surface area contributed by atoms with Crippen LogP contribution in [0.25, 0.3) is 0 Å². The summed E-state index contributed by atoms with van der Waals surface area (Å²) in [6.45, 7) is 0. The Morgan fingerprint density at radius 1 is 0.625 bits per heavy atom. The maximum atomic E-state index is 5.28. The van der Waals surface area contributed by atoms with E-state index in [9.17, 15) is 0 Å². The third-order valence-electron chi connectivity index (χ3n) is 1.16. The lowest BCUT2D eigenvalue weighted by molar-refractivity contribution is 0.701. The van der Waals surface area contributed by atoms with Crippen LogP contribution in [0.2, 0.25) is 12.6 Å². The molecule has 0 aromatic heterocycles. The highest BCUT2D eigenvalue weighted by Crippen LogP contribution is 2.02. The van der Waals surface area contributed by atoms with Crippen LogP contribution < -0.4 is 0 Å². The van der Waals surface area contributed by atoms with Gasteiger partial charge in [-0.15, -0.1) is 0 Å². The van der Waals surface area contributed by atoms with Crippen molar-refractivity contribution in [3.05, 3.63) is 0 Å². The van der Waals surface area contributed by atoms with Gasteiger partial charge < -0.3 is 0 Å². The predicted molar refractivity (Wildman–Crippen MR) is 39.6 cm³/mol. The summed E-state index contributed by atoms with van der Waals surface area (Å²) in [4.78, 5) is 0. The van der Waals surface area contributed by atoms with Gasteiger partial charge in [0.05, 0.1) is 15.7 Å². The number of rotatable bonds is 5. The monoisotopic (exact) mass is 106 g/mol. The highest BCUT2D eigenvalue weighted by Gasteiger charge is 1.83. The summed E-state index contributed by atoms with van der Waals surface area (Å²) in [5.41, 5.74) is 0. The van der Waals surface area contributed by atoms with Crippen molar-refractivity contribution in [2.45, 2.75) is 38.3 Å². The molecule has 0 saturated heterocycles. The maximum absolute atomic E-state index is 5.28. The molecule has 0 unspecified atom stereocenters. The summed E-state index contributed by atoms with van der Waals surface area (Å²) < 4.78 is 0. The number of hydrogen-bond donors (Lipinski definition) is 0. The lowest BCUT2D eigenvalue weighted by Crippen LogP contribution is -1.76. The molecule has 4 radical (unpaired) electrons. The van der Waals surface area contributed by atoms with Crippen molar-refractivity contribution >= 4 is 15.7 Å². The Balaban J connectivity index is 2.53. The zero-order valence-corrected chi connectivity index (χ0v) is 5.40. The maximum Gasteiger partial charge on any atom is 0.0653 e. The van der Waals surface area contributed by atoms with Crippen molar-refractivity contribution in [1.82, 2.24) is 0 Å². The number of hydrogen-bond acceptors (Lipinski definition) is 0. The quantitative estimate of drug-likeness (QED) is 0.369. The van der Waals surface area contributed by atoms with Gasteiger partial charge in [-0.3, -0.25) is 0 Å². The smallest absolute Gasteiger partial charge is 0.0653 e. The molecule has 0 rings (SSSR count). The molecule has 2 heteroatoms. The Bertz CT molecular complexity index is 31.5. The topological polar surface area (TPSA) is 0 Å².